The van der Waals surface area contributed by atoms with Crippen molar-refractivity contribution in [3.05, 3.63) is 29.8 Å². The highest BCUT2D eigenvalue weighted by atomic mass is 16.5. The first-order valence-corrected chi connectivity index (χ1v) is 5.88. The highest BCUT2D eigenvalue weighted by Gasteiger charge is 2.10. The smallest absolute Gasteiger partial charge is 0.246 e. The van der Waals surface area contributed by atoms with E-state index in [-0.39, 0.29) is 18.6 Å². The minimum Gasteiger partial charge on any atom is -0.497 e. The van der Waals surface area contributed by atoms with Gasteiger partial charge < -0.3 is 20.5 Å². The van der Waals surface area contributed by atoms with Crippen LogP contribution < -0.4 is 15.8 Å². The fourth-order valence-electron chi connectivity index (χ4n) is 1.53. The summed E-state index contributed by atoms with van der Waals surface area (Å²) in [5.74, 6) is 0.617. The van der Waals surface area contributed by atoms with E-state index >= 15 is 0 Å². The molecule has 0 radical (unpaired) electrons. The first kappa shape index (κ1) is 14.5. The molecule has 1 amide bonds. The number of rotatable bonds is 7. The van der Waals surface area contributed by atoms with Crippen LogP contribution in [-0.2, 0) is 9.53 Å². The summed E-state index contributed by atoms with van der Waals surface area (Å²) in [7, 11) is 1.61. The van der Waals surface area contributed by atoms with Gasteiger partial charge in [-0.15, -0.1) is 0 Å². The Morgan fingerprint density at radius 1 is 1.50 bits per heavy atom. The number of hydrogen-bond acceptors (Lipinski definition) is 4. The molecule has 0 spiro atoms. The fourth-order valence-corrected chi connectivity index (χ4v) is 1.53. The zero-order valence-corrected chi connectivity index (χ0v) is 10.8. The van der Waals surface area contributed by atoms with E-state index in [0.717, 1.165) is 11.3 Å². The molecule has 1 atom stereocenters. The van der Waals surface area contributed by atoms with Crippen molar-refractivity contribution in [2.24, 2.45) is 5.73 Å². The Morgan fingerprint density at radius 2 is 2.28 bits per heavy atom. The van der Waals surface area contributed by atoms with Crippen LogP contribution in [0, 0.1) is 0 Å². The van der Waals surface area contributed by atoms with E-state index in [9.17, 15) is 4.79 Å². The molecule has 0 aromatic heterocycles. The van der Waals surface area contributed by atoms with E-state index in [2.05, 4.69) is 5.32 Å². The van der Waals surface area contributed by atoms with E-state index in [1.165, 1.54) is 0 Å². The summed E-state index contributed by atoms with van der Waals surface area (Å²) < 4.78 is 10.2. The number of ether oxygens (including phenoxy) is 2. The summed E-state index contributed by atoms with van der Waals surface area (Å²) in [6.07, 6.45) is 0. The minimum absolute atomic E-state index is 0.0332. The SMILES string of the molecule is COc1cccc([C@@H](C)NC(=O)COCCN)c1. The molecule has 5 nitrogen and oxygen atoms in total. The molecule has 0 aliphatic rings. The van der Waals surface area contributed by atoms with Gasteiger partial charge in [-0.25, -0.2) is 0 Å². The number of methoxy groups -OCH3 is 1. The van der Waals surface area contributed by atoms with Gasteiger partial charge in [-0.2, -0.15) is 0 Å². The summed E-state index contributed by atoms with van der Waals surface area (Å²) in [6.45, 7) is 2.75. The summed E-state index contributed by atoms with van der Waals surface area (Å²) in [6, 6.07) is 7.50. The number of hydrogen-bond donors (Lipinski definition) is 2. The Kier molecular flexibility index (Phi) is 6.18. The lowest BCUT2D eigenvalue weighted by Gasteiger charge is -2.15. The van der Waals surface area contributed by atoms with Crippen molar-refractivity contribution >= 4 is 5.91 Å². The van der Waals surface area contributed by atoms with Crippen molar-refractivity contribution in [1.82, 2.24) is 5.32 Å². The average Bonchev–Trinajstić information content (AvgIpc) is 2.39. The molecule has 0 heterocycles. The van der Waals surface area contributed by atoms with E-state index < -0.39 is 0 Å². The van der Waals surface area contributed by atoms with Gasteiger partial charge >= 0.3 is 0 Å². The van der Waals surface area contributed by atoms with Gasteiger partial charge in [0, 0.05) is 6.54 Å². The molecule has 0 aliphatic heterocycles. The lowest BCUT2D eigenvalue weighted by atomic mass is 10.1. The maximum atomic E-state index is 11.5. The molecule has 0 fully saturated rings. The van der Waals surface area contributed by atoms with Crippen LogP contribution >= 0.6 is 0 Å². The number of benzene rings is 1. The van der Waals surface area contributed by atoms with Crippen LogP contribution in [0.4, 0.5) is 0 Å². The van der Waals surface area contributed by atoms with Crippen LogP contribution in [0.3, 0.4) is 0 Å². The Morgan fingerprint density at radius 3 is 2.94 bits per heavy atom. The maximum absolute atomic E-state index is 11.5. The van der Waals surface area contributed by atoms with Crippen LogP contribution in [0.25, 0.3) is 0 Å². The molecule has 0 unspecified atom stereocenters. The lowest BCUT2D eigenvalue weighted by Crippen LogP contribution is -2.30. The molecule has 1 rings (SSSR count). The Bertz CT molecular complexity index is 382. The van der Waals surface area contributed by atoms with Crippen molar-refractivity contribution in [3.8, 4) is 5.75 Å². The standard InChI is InChI=1S/C13H20N2O3/c1-10(15-13(16)9-18-7-6-14)11-4-3-5-12(8-11)17-2/h3-5,8,10H,6-7,9,14H2,1-2H3,(H,15,16)/t10-/m1/s1. The molecule has 0 bridgehead atoms. The number of carbonyl (C=O) groups excluding carboxylic acids is 1. The van der Waals surface area contributed by atoms with Gasteiger partial charge in [0.15, 0.2) is 0 Å². The van der Waals surface area contributed by atoms with Crippen LogP contribution in [0.1, 0.15) is 18.5 Å². The molecule has 5 heteroatoms. The van der Waals surface area contributed by atoms with Gasteiger partial charge in [-0.3, -0.25) is 4.79 Å². The molecule has 1 aromatic carbocycles. The molecule has 0 aliphatic carbocycles. The second kappa shape index (κ2) is 7.68. The van der Waals surface area contributed by atoms with Crippen molar-refractivity contribution in [1.29, 1.82) is 0 Å². The van der Waals surface area contributed by atoms with Gasteiger partial charge in [-0.05, 0) is 24.6 Å². The van der Waals surface area contributed by atoms with E-state index in [1.54, 1.807) is 7.11 Å². The summed E-state index contributed by atoms with van der Waals surface area (Å²) >= 11 is 0. The zero-order valence-electron chi connectivity index (χ0n) is 10.8. The third kappa shape index (κ3) is 4.73. The molecule has 100 valence electrons. The molecular formula is C13H20N2O3. The predicted molar refractivity (Wildman–Crippen MR) is 69.4 cm³/mol. The fraction of sp³-hybridized carbons (Fsp3) is 0.462. The van der Waals surface area contributed by atoms with Gasteiger partial charge in [0.2, 0.25) is 5.91 Å². The number of nitrogens with two attached hydrogens (primary N) is 1. The molecule has 0 saturated carbocycles. The van der Waals surface area contributed by atoms with Crippen LogP contribution in [-0.4, -0.2) is 32.8 Å². The monoisotopic (exact) mass is 252 g/mol. The van der Waals surface area contributed by atoms with Crippen LogP contribution in [0.15, 0.2) is 24.3 Å². The quantitative estimate of drug-likeness (QED) is 0.705. The van der Waals surface area contributed by atoms with E-state index in [1.807, 2.05) is 31.2 Å². The van der Waals surface area contributed by atoms with Crippen LogP contribution in [0.2, 0.25) is 0 Å². The lowest BCUT2D eigenvalue weighted by molar-refractivity contribution is -0.126. The molecule has 18 heavy (non-hydrogen) atoms. The van der Waals surface area contributed by atoms with Crippen molar-refractivity contribution in [2.45, 2.75) is 13.0 Å². The normalized spacial score (nSPS) is 11.9. The topological polar surface area (TPSA) is 73.6 Å². The highest BCUT2D eigenvalue weighted by molar-refractivity contribution is 5.77. The second-order valence-electron chi connectivity index (χ2n) is 3.91. The highest BCUT2D eigenvalue weighted by Crippen LogP contribution is 2.18. The van der Waals surface area contributed by atoms with Gasteiger partial charge in [0.25, 0.3) is 0 Å². The minimum atomic E-state index is -0.154. The zero-order chi connectivity index (χ0) is 13.4. The van der Waals surface area contributed by atoms with Gasteiger partial charge in [0.1, 0.15) is 12.4 Å². The third-order valence-corrected chi connectivity index (χ3v) is 2.47. The van der Waals surface area contributed by atoms with Crippen molar-refractivity contribution in [2.75, 3.05) is 26.9 Å². The Labute approximate surface area is 107 Å². The molecule has 1 aromatic rings. The average molecular weight is 252 g/mol. The number of nitrogens with one attached hydrogen (secondary N) is 1. The number of carbonyl (C=O) groups is 1. The Hall–Kier alpha value is -1.59. The van der Waals surface area contributed by atoms with E-state index in [0.29, 0.717) is 13.2 Å². The maximum Gasteiger partial charge on any atom is 0.246 e. The summed E-state index contributed by atoms with van der Waals surface area (Å²) in [5, 5.41) is 2.85. The number of amides is 1. The molecule has 3 N–H and O–H groups in total. The first-order valence-electron chi connectivity index (χ1n) is 5.88. The molecular weight excluding hydrogens is 232 g/mol. The molecule has 0 saturated heterocycles. The first-order chi connectivity index (χ1) is 8.67. The third-order valence-electron chi connectivity index (χ3n) is 2.47. The van der Waals surface area contributed by atoms with Gasteiger partial charge in [0.05, 0.1) is 19.8 Å². The van der Waals surface area contributed by atoms with E-state index in [4.69, 9.17) is 15.2 Å². The predicted octanol–water partition coefficient (Wildman–Crippen LogP) is 0.848. The Balaban J connectivity index is 2.48. The van der Waals surface area contributed by atoms with Gasteiger partial charge in [-0.1, -0.05) is 12.1 Å². The van der Waals surface area contributed by atoms with Crippen LogP contribution in [0.5, 0.6) is 5.75 Å². The second-order valence-corrected chi connectivity index (χ2v) is 3.91. The largest absolute Gasteiger partial charge is 0.497 e. The van der Waals surface area contributed by atoms with Crippen molar-refractivity contribution in [3.63, 3.8) is 0 Å². The summed E-state index contributed by atoms with van der Waals surface area (Å²) in [5.41, 5.74) is 6.26. The summed E-state index contributed by atoms with van der Waals surface area (Å²) in [4.78, 5) is 11.5. The van der Waals surface area contributed by atoms with Crippen molar-refractivity contribution < 1.29 is 14.3 Å².